The molecule has 2 fully saturated rings. The van der Waals surface area contributed by atoms with Crippen molar-refractivity contribution < 1.29 is 4.79 Å². The van der Waals surface area contributed by atoms with Crippen molar-refractivity contribution >= 4 is 27.5 Å². The number of nitrogens with one attached hydrogen (secondary N) is 1. The summed E-state index contributed by atoms with van der Waals surface area (Å²) in [4.78, 5) is 14.5. The SMILES string of the molecule is Cc1ccc(N2CC3(CC3)CNC(C)C2=O)cc1Br. The second-order valence-electron chi connectivity index (χ2n) is 5.96. The van der Waals surface area contributed by atoms with Crippen molar-refractivity contribution in [1.29, 1.82) is 0 Å². The van der Waals surface area contributed by atoms with Gasteiger partial charge in [0.15, 0.2) is 0 Å². The van der Waals surface area contributed by atoms with E-state index < -0.39 is 0 Å². The van der Waals surface area contributed by atoms with Crippen LogP contribution in [0.5, 0.6) is 0 Å². The van der Waals surface area contributed by atoms with E-state index in [2.05, 4.69) is 40.3 Å². The number of hydrogen-bond acceptors (Lipinski definition) is 2. The Balaban J connectivity index is 1.95. The number of nitrogens with zero attached hydrogens (tertiary/aromatic N) is 1. The molecule has 1 heterocycles. The molecule has 1 saturated carbocycles. The molecule has 3 rings (SSSR count). The average Bonchev–Trinajstić information content (AvgIpc) is 3.17. The Labute approximate surface area is 122 Å². The van der Waals surface area contributed by atoms with Gasteiger partial charge in [-0.2, -0.15) is 0 Å². The van der Waals surface area contributed by atoms with Crippen LogP contribution in [0.2, 0.25) is 0 Å². The van der Waals surface area contributed by atoms with Gasteiger partial charge in [-0.3, -0.25) is 4.79 Å². The van der Waals surface area contributed by atoms with E-state index in [1.54, 1.807) is 0 Å². The maximum Gasteiger partial charge on any atom is 0.243 e. The molecular weight excluding hydrogens is 304 g/mol. The Kier molecular flexibility index (Phi) is 3.18. The van der Waals surface area contributed by atoms with E-state index >= 15 is 0 Å². The van der Waals surface area contributed by atoms with Crippen LogP contribution in [0.15, 0.2) is 22.7 Å². The molecule has 19 heavy (non-hydrogen) atoms. The molecule has 1 amide bonds. The Morgan fingerprint density at radius 2 is 2.16 bits per heavy atom. The summed E-state index contributed by atoms with van der Waals surface area (Å²) in [5.74, 6) is 0.180. The van der Waals surface area contributed by atoms with E-state index in [-0.39, 0.29) is 11.9 Å². The van der Waals surface area contributed by atoms with Gasteiger partial charge in [0.2, 0.25) is 5.91 Å². The van der Waals surface area contributed by atoms with E-state index in [4.69, 9.17) is 0 Å². The molecule has 1 aromatic carbocycles. The quantitative estimate of drug-likeness (QED) is 0.862. The number of carbonyl (C=O) groups is 1. The highest BCUT2D eigenvalue weighted by Gasteiger charge is 2.47. The lowest BCUT2D eigenvalue weighted by Gasteiger charge is -2.25. The molecular formula is C15H19BrN2O. The number of rotatable bonds is 1. The van der Waals surface area contributed by atoms with Gasteiger partial charge in [0.05, 0.1) is 6.04 Å². The van der Waals surface area contributed by atoms with Gasteiger partial charge in [-0.15, -0.1) is 0 Å². The lowest BCUT2D eigenvalue weighted by molar-refractivity contribution is -0.119. The largest absolute Gasteiger partial charge is 0.310 e. The van der Waals surface area contributed by atoms with Gasteiger partial charge in [-0.1, -0.05) is 22.0 Å². The van der Waals surface area contributed by atoms with Gasteiger partial charge in [-0.05, 0) is 44.4 Å². The smallest absolute Gasteiger partial charge is 0.243 e. The fourth-order valence-electron chi connectivity index (χ4n) is 2.64. The van der Waals surface area contributed by atoms with Gasteiger partial charge < -0.3 is 10.2 Å². The standard InChI is InChI=1S/C15H19BrN2O/c1-10-3-4-12(7-13(10)16)18-9-15(5-6-15)8-17-11(2)14(18)19/h3-4,7,11,17H,5-6,8-9H2,1-2H3. The second-order valence-corrected chi connectivity index (χ2v) is 6.81. The second kappa shape index (κ2) is 4.60. The number of aryl methyl sites for hydroxylation is 1. The van der Waals surface area contributed by atoms with Crippen molar-refractivity contribution in [3.05, 3.63) is 28.2 Å². The van der Waals surface area contributed by atoms with Gasteiger partial charge in [0.1, 0.15) is 0 Å². The van der Waals surface area contributed by atoms with Crippen LogP contribution >= 0.6 is 15.9 Å². The normalized spacial score (nSPS) is 25.5. The zero-order valence-corrected chi connectivity index (χ0v) is 13.0. The Morgan fingerprint density at radius 3 is 2.79 bits per heavy atom. The molecule has 1 aromatic rings. The number of hydrogen-bond donors (Lipinski definition) is 1. The minimum Gasteiger partial charge on any atom is -0.310 e. The first-order chi connectivity index (χ1) is 9.01. The molecule has 102 valence electrons. The zero-order valence-electron chi connectivity index (χ0n) is 11.4. The number of amides is 1. The molecule has 4 heteroatoms. The van der Waals surface area contributed by atoms with Crippen LogP contribution in [0.1, 0.15) is 25.3 Å². The van der Waals surface area contributed by atoms with E-state index in [0.717, 1.165) is 23.2 Å². The summed E-state index contributed by atoms with van der Waals surface area (Å²) in [5.41, 5.74) is 2.51. The third-order valence-electron chi connectivity index (χ3n) is 4.34. The summed E-state index contributed by atoms with van der Waals surface area (Å²) >= 11 is 3.56. The van der Waals surface area contributed by atoms with Crippen molar-refractivity contribution in [2.75, 3.05) is 18.0 Å². The maximum atomic E-state index is 12.5. The van der Waals surface area contributed by atoms with Crippen LogP contribution in [0.4, 0.5) is 5.69 Å². The number of anilines is 1. The molecule has 1 aliphatic heterocycles. The molecule has 1 unspecified atom stereocenters. The van der Waals surface area contributed by atoms with Crippen molar-refractivity contribution in [3.8, 4) is 0 Å². The van der Waals surface area contributed by atoms with Crippen molar-refractivity contribution in [2.24, 2.45) is 5.41 Å². The lowest BCUT2D eigenvalue weighted by Crippen LogP contribution is -2.41. The summed E-state index contributed by atoms with van der Waals surface area (Å²) in [5, 5.41) is 3.37. The van der Waals surface area contributed by atoms with Gasteiger partial charge in [-0.25, -0.2) is 0 Å². The number of carbonyl (C=O) groups excluding carboxylic acids is 1. The Morgan fingerprint density at radius 1 is 1.42 bits per heavy atom. The van der Waals surface area contributed by atoms with Gasteiger partial charge in [0.25, 0.3) is 0 Å². The zero-order chi connectivity index (χ0) is 13.6. The maximum absolute atomic E-state index is 12.5. The van der Waals surface area contributed by atoms with E-state index in [0.29, 0.717) is 5.41 Å². The summed E-state index contributed by atoms with van der Waals surface area (Å²) in [6.07, 6.45) is 2.45. The predicted octanol–water partition coefficient (Wildman–Crippen LogP) is 2.86. The molecule has 1 N–H and O–H groups in total. The summed E-state index contributed by atoms with van der Waals surface area (Å²) in [6, 6.07) is 6.07. The van der Waals surface area contributed by atoms with Crippen molar-refractivity contribution in [3.63, 3.8) is 0 Å². The van der Waals surface area contributed by atoms with E-state index in [9.17, 15) is 4.79 Å². The van der Waals surface area contributed by atoms with Crippen LogP contribution in [0, 0.1) is 12.3 Å². The lowest BCUT2D eigenvalue weighted by atomic mass is 10.1. The molecule has 1 spiro atoms. The number of halogens is 1. The van der Waals surface area contributed by atoms with Crippen molar-refractivity contribution in [1.82, 2.24) is 5.32 Å². The minimum absolute atomic E-state index is 0.0972. The first-order valence-corrected chi connectivity index (χ1v) is 7.61. The van der Waals surface area contributed by atoms with E-state index in [1.165, 1.54) is 18.4 Å². The van der Waals surface area contributed by atoms with Gasteiger partial charge in [0, 0.05) is 28.7 Å². The first kappa shape index (κ1) is 13.1. The summed E-state index contributed by atoms with van der Waals surface area (Å²) in [7, 11) is 0. The molecule has 0 bridgehead atoms. The summed E-state index contributed by atoms with van der Waals surface area (Å²) < 4.78 is 1.06. The molecule has 3 nitrogen and oxygen atoms in total. The van der Waals surface area contributed by atoms with Gasteiger partial charge >= 0.3 is 0 Å². The van der Waals surface area contributed by atoms with Crippen LogP contribution in [-0.2, 0) is 4.79 Å². The molecule has 1 aliphatic carbocycles. The summed E-state index contributed by atoms with van der Waals surface area (Å²) in [6.45, 7) is 5.83. The van der Waals surface area contributed by atoms with E-state index in [1.807, 2.05) is 17.9 Å². The molecule has 1 saturated heterocycles. The van der Waals surface area contributed by atoms with Crippen LogP contribution in [0.25, 0.3) is 0 Å². The van der Waals surface area contributed by atoms with Crippen LogP contribution in [0.3, 0.4) is 0 Å². The third kappa shape index (κ3) is 2.43. The highest BCUT2D eigenvalue weighted by molar-refractivity contribution is 9.10. The minimum atomic E-state index is -0.0972. The predicted molar refractivity (Wildman–Crippen MR) is 80.4 cm³/mol. The topological polar surface area (TPSA) is 32.3 Å². The highest BCUT2D eigenvalue weighted by atomic mass is 79.9. The molecule has 2 aliphatic rings. The average molecular weight is 323 g/mol. The number of benzene rings is 1. The highest BCUT2D eigenvalue weighted by Crippen LogP contribution is 2.47. The molecule has 0 aromatic heterocycles. The van der Waals surface area contributed by atoms with Crippen LogP contribution in [-0.4, -0.2) is 25.0 Å². The Bertz CT molecular complexity index is 525. The first-order valence-electron chi connectivity index (χ1n) is 6.82. The monoisotopic (exact) mass is 322 g/mol. The third-order valence-corrected chi connectivity index (χ3v) is 5.19. The van der Waals surface area contributed by atoms with Crippen molar-refractivity contribution in [2.45, 2.75) is 32.7 Å². The van der Waals surface area contributed by atoms with Crippen LogP contribution < -0.4 is 10.2 Å². The Hall–Kier alpha value is -0.870. The fraction of sp³-hybridized carbons (Fsp3) is 0.533. The molecule has 1 atom stereocenters. The fourth-order valence-corrected chi connectivity index (χ4v) is 3.01. The molecule has 0 radical (unpaired) electrons.